The van der Waals surface area contributed by atoms with Crippen molar-refractivity contribution < 1.29 is 12.8 Å². The van der Waals surface area contributed by atoms with Gasteiger partial charge in [0.05, 0.1) is 4.90 Å². The Morgan fingerprint density at radius 3 is 2.41 bits per heavy atom. The standard InChI is InChI=1S/C23H21FN2O2S/c1-14-9-16(3)23(10-15(14)2)29(27,28)26-20-6-4-5-17(12-20)22-13-18-11-19(24)7-8-21(18)25-22/h4-13,25-26H,1-3H3. The molecular weight excluding hydrogens is 387 g/mol. The molecular formula is C23H21FN2O2S. The van der Waals surface area contributed by atoms with Gasteiger partial charge < -0.3 is 4.98 Å². The van der Waals surface area contributed by atoms with Crippen LogP contribution in [0.25, 0.3) is 22.2 Å². The van der Waals surface area contributed by atoms with Gasteiger partial charge in [0.2, 0.25) is 0 Å². The van der Waals surface area contributed by atoms with Crippen molar-refractivity contribution in [2.75, 3.05) is 4.72 Å². The minimum Gasteiger partial charge on any atom is -0.355 e. The highest BCUT2D eigenvalue weighted by Gasteiger charge is 2.18. The van der Waals surface area contributed by atoms with Gasteiger partial charge in [0, 0.05) is 27.8 Å². The molecule has 29 heavy (non-hydrogen) atoms. The molecule has 0 fully saturated rings. The van der Waals surface area contributed by atoms with Gasteiger partial charge in [0.15, 0.2) is 0 Å². The van der Waals surface area contributed by atoms with Gasteiger partial charge >= 0.3 is 0 Å². The van der Waals surface area contributed by atoms with E-state index in [9.17, 15) is 12.8 Å². The first-order valence-corrected chi connectivity index (χ1v) is 10.7. The highest BCUT2D eigenvalue weighted by molar-refractivity contribution is 7.92. The minimum atomic E-state index is -3.72. The van der Waals surface area contributed by atoms with Crippen LogP contribution in [-0.4, -0.2) is 13.4 Å². The van der Waals surface area contributed by atoms with Gasteiger partial charge in [-0.2, -0.15) is 0 Å². The maximum Gasteiger partial charge on any atom is 0.262 e. The average molecular weight is 408 g/mol. The van der Waals surface area contributed by atoms with E-state index in [2.05, 4.69) is 9.71 Å². The summed E-state index contributed by atoms with van der Waals surface area (Å²) in [5.41, 5.74) is 5.55. The van der Waals surface area contributed by atoms with Gasteiger partial charge in [0.1, 0.15) is 5.82 Å². The Labute approximate surface area is 169 Å². The number of hydrogen-bond donors (Lipinski definition) is 2. The molecule has 0 aliphatic rings. The number of halogens is 1. The maximum absolute atomic E-state index is 13.5. The molecule has 4 rings (SSSR count). The molecule has 4 aromatic rings. The Hall–Kier alpha value is -3.12. The first-order valence-electron chi connectivity index (χ1n) is 9.22. The summed E-state index contributed by atoms with van der Waals surface area (Å²) in [5.74, 6) is -0.298. The van der Waals surface area contributed by atoms with Crippen LogP contribution >= 0.6 is 0 Å². The number of hydrogen-bond acceptors (Lipinski definition) is 2. The van der Waals surface area contributed by atoms with E-state index < -0.39 is 10.0 Å². The zero-order chi connectivity index (χ0) is 20.8. The summed E-state index contributed by atoms with van der Waals surface area (Å²) >= 11 is 0. The number of anilines is 1. The van der Waals surface area contributed by atoms with E-state index in [1.165, 1.54) is 12.1 Å². The zero-order valence-electron chi connectivity index (χ0n) is 16.4. The summed E-state index contributed by atoms with van der Waals surface area (Å²) in [5, 5.41) is 0.761. The Morgan fingerprint density at radius 2 is 1.62 bits per heavy atom. The van der Waals surface area contributed by atoms with Crippen LogP contribution < -0.4 is 4.72 Å². The Bertz CT molecular complexity index is 1340. The van der Waals surface area contributed by atoms with Crippen molar-refractivity contribution in [1.82, 2.24) is 4.98 Å². The van der Waals surface area contributed by atoms with Gasteiger partial charge in [0.25, 0.3) is 10.0 Å². The lowest BCUT2D eigenvalue weighted by Gasteiger charge is -2.13. The van der Waals surface area contributed by atoms with E-state index >= 15 is 0 Å². The Morgan fingerprint density at radius 1 is 0.862 bits per heavy atom. The fourth-order valence-electron chi connectivity index (χ4n) is 3.44. The smallest absolute Gasteiger partial charge is 0.262 e. The number of benzene rings is 3. The summed E-state index contributed by atoms with van der Waals surface area (Å²) in [7, 11) is -3.72. The largest absolute Gasteiger partial charge is 0.355 e. The molecule has 148 valence electrons. The number of fused-ring (bicyclic) bond motifs is 1. The van der Waals surface area contributed by atoms with Crippen LogP contribution in [0.2, 0.25) is 0 Å². The van der Waals surface area contributed by atoms with Crippen LogP contribution in [0.4, 0.5) is 10.1 Å². The molecule has 0 radical (unpaired) electrons. The topological polar surface area (TPSA) is 62.0 Å². The third kappa shape index (κ3) is 3.76. The Kier molecular flexibility index (Phi) is 4.67. The molecule has 4 nitrogen and oxygen atoms in total. The van der Waals surface area contributed by atoms with E-state index in [4.69, 9.17) is 0 Å². The van der Waals surface area contributed by atoms with E-state index in [-0.39, 0.29) is 10.7 Å². The number of aromatic amines is 1. The molecule has 0 saturated carbocycles. The second kappa shape index (κ2) is 7.04. The van der Waals surface area contributed by atoms with Crippen LogP contribution in [0.3, 0.4) is 0 Å². The molecule has 3 aromatic carbocycles. The van der Waals surface area contributed by atoms with Gasteiger partial charge in [-0.05, 0) is 79.9 Å². The number of H-pyrrole nitrogens is 1. The fourth-order valence-corrected chi connectivity index (χ4v) is 4.80. The molecule has 2 N–H and O–H groups in total. The number of aromatic nitrogens is 1. The minimum absolute atomic E-state index is 0.270. The predicted molar refractivity (Wildman–Crippen MR) is 115 cm³/mol. The molecule has 6 heteroatoms. The Balaban J connectivity index is 1.69. The van der Waals surface area contributed by atoms with Crippen LogP contribution in [0.15, 0.2) is 65.6 Å². The first-order chi connectivity index (χ1) is 13.7. The fraction of sp³-hybridized carbons (Fsp3) is 0.130. The summed E-state index contributed by atoms with van der Waals surface area (Å²) in [6.07, 6.45) is 0. The third-order valence-electron chi connectivity index (χ3n) is 5.09. The zero-order valence-corrected chi connectivity index (χ0v) is 17.2. The molecule has 1 heterocycles. The quantitative estimate of drug-likeness (QED) is 0.455. The second-order valence-corrected chi connectivity index (χ2v) is 8.95. The van der Waals surface area contributed by atoms with E-state index in [1.54, 1.807) is 37.3 Å². The third-order valence-corrected chi connectivity index (χ3v) is 6.61. The lowest BCUT2D eigenvalue weighted by atomic mass is 10.1. The van der Waals surface area contributed by atoms with E-state index in [0.29, 0.717) is 11.3 Å². The summed E-state index contributed by atoms with van der Waals surface area (Å²) in [6.45, 7) is 5.65. The van der Waals surface area contributed by atoms with Crippen molar-refractivity contribution in [2.45, 2.75) is 25.7 Å². The van der Waals surface area contributed by atoms with Crippen molar-refractivity contribution in [3.8, 4) is 11.3 Å². The number of aryl methyl sites for hydroxylation is 3. The summed E-state index contributed by atoms with van der Waals surface area (Å²) < 4.78 is 42.0. The second-order valence-electron chi connectivity index (χ2n) is 7.30. The van der Waals surface area contributed by atoms with Crippen LogP contribution in [0, 0.1) is 26.6 Å². The molecule has 0 aliphatic carbocycles. The molecule has 0 unspecified atom stereocenters. The average Bonchev–Trinajstić information content (AvgIpc) is 3.07. The number of nitrogens with one attached hydrogen (secondary N) is 2. The monoisotopic (exact) mass is 408 g/mol. The predicted octanol–water partition coefficient (Wildman–Crippen LogP) is 5.70. The molecule has 0 spiro atoms. The molecule has 1 aromatic heterocycles. The van der Waals surface area contributed by atoms with Crippen molar-refractivity contribution in [2.24, 2.45) is 0 Å². The van der Waals surface area contributed by atoms with E-state index in [0.717, 1.165) is 33.3 Å². The van der Waals surface area contributed by atoms with Crippen molar-refractivity contribution in [1.29, 1.82) is 0 Å². The molecule has 0 atom stereocenters. The molecule has 0 amide bonds. The number of rotatable bonds is 4. The first kappa shape index (κ1) is 19.2. The van der Waals surface area contributed by atoms with Gasteiger partial charge in [-0.15, -0.1) is 0 Å². The van der Waals surface area contributed by atoms with Crippen LogP contribution in [-0.2, 0) is 10.0 Å². The molecule has 0 aliphatic heterocycles. The SMILES string of the molecule is Cc1cc(C)c(S(=O)(=O)Nc2cccc(-c3cc4cc(F)ccc4[nH]3)c2)cc1C. The van der Waals surface area contributed by atoms with E-state index in [1.807, 2.05) is 32.0 Å². The lowest BCUT2D eigenvalue weighted by molar-refractivity contribution is 0.600. The molecule has 0 saturated heterocycles. The van der Waals surface area contributed by atoms with Gasteiger partial charge in [-0.3, -0.25) is 4.72 Å². The van der Waals surface area contributed by atoms with Crippen molar-refractivity contribution in [3.63, 3.8) is 0 Å². The lowest BCUT2D eigenvalue weighted by Crippen LogP contribution is -2.14. The molecule has 0 bridgehead atoms. The van der Waals surface area contributed by atoms with Gasteiger partial charge in [-0.25, -0.2) is 12.8 Å². The van der Waals surface area contributed by atoms with Crippen LogP contribution in [0.1, 0.15) is 16.7 Å². The highest BCUT2D eigenvalue weighted by Crippen LogP contribution is 2.28. The van der Waals surface area contributed by atoms with Crippen molar-refractivity contribution >= 4 is 26.6 Å². The maximum atomic E-state index is 13.5. The normalized spacial score (nSPS) is 11.7. The summed E-state index contributed by atoms with van der Waals surface area (Å²) in [6, 6.07) is 17.1. The van der Waals surface area contributed by atoms with Gasteiger partial charge in [-0.1, -0.05) is 18.2 Å². The van der Waals surface area contributed by atoms with Crippen LogP contribution in [0.5, 0.6) is 0 Å². The van der Waals surface area contributed by atoms with Crippen molar-refractivity contribution in [3.05, 3.63) is 83.2 Å². The summed E-state index contributed by atoms with van der Waals surface area (Å²) in [4.78, 5) is 3.51. The highest BCUT2D eigenvalue weighted by atomic mass is 32.2. The number of sulfonamides is 1.